The van der Waals surface area contributed by atoms with E-state index in [-0.39, 0.29) is 5.91 Å². The summed E-state index contributed by atoms with van der Waals surface area (Å²) in [5.74, 6) is 0.505. The second kappa shape index (κ2) is 7.76. The van der Waals surface area contributed by atoms with Gasteiger partial charge in [0.05, 0.1) is 26.4 Å². The number of hydrogen-bond donors (Lipinski definition) is 0. The molecule has 5 heteroatoms. The van der Waals surface area contributed by atoms with Gasteiger partial charge in [0.25, 0.3) is 0 Å². The van der Waals surface area contributed by atoms with Crippen molar-refractivity contribution in [2.75, 3.05) is 13.1 Å². The number of nitrogens with zero attached hydrogens (tertiary/aromatic N) is 3. The van der Waals surface area contributed by atoms with Crippen molar-refractivity contribution in [3.05, 3.63) is 77.4 Å². The molecule has 0 spiro atoms. The van der Waals surface area contributed by atoms with Crippen molar-refractivity contribution in [2.24, 2.45) is 0 Å². The van der Waals surface area contributed by atoms with Crippen molar-refractivity contribution in [1.29, 1.82) is 0 Å². The van der Waals surface area contributed by atoms with E-state index in [0.29, 0.717) is 5.92 Å². The standard InChI is InChI=1S/C24H21N3OS/c28-23(12-11-19-10-9-17-5-1-2-6-20(17)25-19)27-15-13-18(14-16-27)24-26-21-7-3-4-8-22(21)29-24/h1-12,18H,13-16H2. The molecule has 0 saturated carbocycles. The number of fused-ring (bicyclic) bond motifs is 2. The Morgan fingerprint density at radius 3 is 2.52 bits per heavy atom. The maximum atomic E-state index is 12.6. The molecular formula is C24H21N3OS. The Labute approximate surface area is 173 Å². The summed E-state index contributed by atoms with van der Waals surface area (Å²) in [6, 6.07) is 20.3. The van der Waals surface area contributed by atoms with Gasteiger partial charge in [-0.25, -0.2) is 9.97 Å². The third-order valence-corrected chi connectivity index (χ3v) is 6.68. The summed E-state index contributed by atoms with van der Waals surface area (Å²) in [6.45, 7) is 1.55. The molecule has 0 N–H and O–H groups in total. The molecule has 0 bridgehead atoms. The highest BCUT2D eigenvalue weighted by molar-refractivity contribution is 7.18. The van der Waals surface area contributed by atoms with Gasteiger partial charge in [0, 0.05) is 30.5 Å². The van der Waals surface area contributed by atoms with Gasteiger partial charge in [0.1, 0.15) is 0 Å². The highest BCUT2D eigenvalue weighted by Gasteiger charge is 2.25. The molecular weight excluding hydrogens is 378 g/mol. The van der Waals surface area contributed by atoms with Gasteiger partial charge < -0.3 is 4.90 Å². The number of benzene rings is 2. The Morgan fingerprint density at radius 2 is 1.69 bits per heavy atom. The maximum absolute atomic E-state index is 12.6. The molecule has 5 rings (SSSR count). The van der Waals surface area contributed by atoms with Crippen LogP contribution in [0.15, 0.2) is 66.7 Å². The van der Waals surface area contributed by atoms with Crippen LogP contribution >= 0.6 is 11.3 Å². The maximum Gasteiger partial charge on any atom is 0.246 e. The third-order valence-electron chi connectivity index (χ3n) is 5.48. The minimum absolute atomic E-state index is 0.0581. The van der Waals surface area contributed by atoms with Crippen molar-refractivity contribution < 1.29 is 4.79 Å². The lowest BCUT2D eigenvalue weighted by molar-refractivity contribution is -0.126. The van der Waals surface area contributed by atoms with Crippen LogP contribution in [0.5, 0.6) is 0 Å². The smallest absolute Gasteiger partial charge is 0.246 e. The zero-order chi connectivity index (χ0) is 19.6. The number of piperidine rings is 1. The highest BCUT2D eigenvalue weighted by atomic mass is 32.1. The van der Waals surface area contributed by atoms with Crippen LogP contribution in [0.3, 0.4) is 0 Å². The van der Waals surface area contributed by atoms with E-state index in [1.807, 2.05) is 53.4 Å². The number of pyridine rings is 1. The number of rotatable bonds is 3. The van der Waals surface area contributed by atoms with E-state index in [0.717, 1.165) is 48.0 Å². The number of carbonyl (C=O) groups excluding carboxylic acids is 1. The zero-order valence-electron chi connectivity index (χ0n) is 16.0. The lowest BCUT2D eigenvalue weighted by Crippen LogP contribution is -2.36. The molecule has 1 aliphatic heterocycles. The molecule has 0 aliphatic carbocycles. The molecule has 1 aliphatic rings. The minimum atomic E-state index is 0.0581. The number of thiazole rings is 1. The Kier molecular flexibility index (Phi) is 4.82. The molecule has 29 heavy (non-hydrogen) atoms. The molecule has 0 unspecified atom stereocenters. The lowest BCUT2D eigenvalue weighted by Gasteiger charge is -2.30. The first-order chi connectivity index (χ1) is 14.3. The second-order valence-corrected chi connectivity index (χ2v) is 8.44. The van der Waals surface area contributed by atoms with Gasteiger partial charge in [-0.2, -0.15) is 0 Å². The van der Waals surface area contributed by atoms with Crippen molar-refractivity contribution in [3.8, 4) is 0 Å². The number of likely N-dealkylation sites (tertiary alicyclic amines) is 1. The molecule has 4 nitrogen and oxygen atoms in total. The fourth-order valence-electron chi connectivity index (χ4n) is 3.85. The van der Waals surface area contributed by atoms with E-state index in [4.69, 9.17) is 4.98 Å². The summed E-state index contributed by atoms with van der Waals surface area (Å²) in [4.78, 5) is 23.9. The number of carbonyl (C=O) groups is 1. The number of amides is 1. The summed E-state index contributed by atoms with van der Waals surface area (Å²) < 4.78 is 1.24. The third kappa shape index (κ3) is 3.78. The SMILES string of the molecule is O=C(C=Cc1ccc2ccccc2n1)N1CCC(c2nc3ccccc3s2)CC1. The van der Waals surface area contributed by atoms with Crippen LogP contribution in [0, 0.1) is 0 Å². The molecule has 4 aromatic rings. The van der Waals surface area contributed by atoms with Crippen LogP contribution in [0.1, 0.15) is 29.5 Å². The molecule has 0 radical (unpaired) electrons. The summed E-state index contributed by atoms with van der Waals surface area (Å²) in [5, 5.41) is 2.31. The average Bonchev–Trinajstić information content (AvgIpc) is 3.22. The number of aromatic nitrogens is 2. The van der Waals surface area contributed by atoms with Crippen molar-refractivity contribution >= 4 is 44.4 Å². The van der Waals surface area contributed by atoms with Gasteiger partial charge in [0.2, 0.25) is 5.91 Å². The van der Waals surface area contributed by atoms with Crippen LogP contribution in [-0.4, -0.2) is 33.9 Å². The first-order valence-electron chi connectivity index (χ1n) is 9.94. The molecule has 1 saturated heterocycles. The van der Waals surface area contributed by atoms with Crippen LogP contribution in [0.25, 0.3) is 27.2 Å². The molecule has 1 amide bonds. The van der Waals surface area contributed by atoms with Crippen LogP contribution in [0.4, 0.5) is 0 Å². The largest absolute Gasteiger partial charge is 0.339 e. The Bertz CT molecular complexity index is 1170. The molecule has 2 aromatic carbocycles. The van der Waals surface area contributed by atoms with E-state index >= 15 is 0 Å². The predicted octanol–water partition coefficient (Wildman–Crippen LogP) is 5.26. The average molecular weight is 400 g/mol. The molecule has 2 aromatic heterocycles. The van der Waals surface area contributed by atoms with Gasteiger partial charge in [0.15, 0.2) is 0 Å². The Morgan fingerprint density at radius 1 is 0.931 bits per heavy atom. The highest BCUT2D eigenvalue weighted by Crippen LogP contribution is 2.33. The second-order valence-electron chi connectivity index (χ2n) is 7.38. The summed E-state index contributed by atoms with van der Waals surface area (Å²) in [7, 11) is 0. The predicted molar refractivity (Wildman–Crippen MR) is 119 cm³/mol. The monoisotopic (exact) mass is 399 g/mol. The van der Waals surface area contributed by atoms with Gasteiger partial charge in [-0.05, 0) is 43.2 Å². The first-order valence-corrected chi connectivity index (χ1v) is 10.8. The summed E-state index contributed by atoms with van der Waals surface area (Å²) >= 11 is 1.79. The van der Waals surface area contributed by atoms with Crippen LogP contribution < -0.4 is 0 Å². The van der Waals surface area contributed by atoms with Gasteiger partial charge in [-0.3, -0.25) is 4.79 Å². The summed E-state index contributed by atoms with van der Waals surface area (Å²) in [6.07, 6.45) is 5.39. The topological polar surface area (TPSA) is 46.1 Å². The van der Waals surface area contributed by atoms with Crippen molar-refractivity contribution in [3.63, 3.8) is 0 Å². The molecule has 144 valence electrons. The molecule has 1 fully saturated rings. The molecule has 0 atom stereocenters. The Hall–Kier alpha value is -3.05. The van der Waals surface area contributed by atoms with E-state index in [1.54, 1.807) is 17.4 Å². The summed E-state index contributed by atoms with van der Waals surface area (Å²) in [5.41, 5.74) is 2.83. The van der Waals surface area contributed by atoms with E-state index in [9.17, 15) is 4.79 Å². The lowest BCUT2D eigenvalue weighted by atomic mass is 9.97. The van der Waals surface area contributed by atoms with Gasteiger partial charge in [-0.1, -0.05) is 36.4 Å². The Balaban J connectivity index is 1.23. The van der Waals surface area contributed by atoms with Gasteiger partial charge in [-0.15, -0.1) is 11.3 Å². The fraction of sp³-hybridized carbons (Fsp3) is 0.208. The van der Waals surface area contributed by atoms with E-state index in [1.165, 1.54) is 9.71 Å². The zero-order valence-corrected chi connectivity index (χ0v) is 16.8. The van der Waals surface area contributed by atoms with Crippen LogP contribution in [-0.2, 0) is 4.79 Å². The van der Waals surface area contributed by atoms with E-state index in [2.05, 4.69) is 23.2 Å². The normalized spacial score (nSPS) is 15.5. The van der Waals surface area contributed by atoms with Crippen molar-refractivity contribution in [2.45, 2.75) is 18.8 Å². The van der Waals surface area contributed by atoms with E-state index < -0.39 is 0 Å². The van der Waals surface area contributed by atoms with Crippen LogP contribution in [0.2, 0.25) is 0 Å². The minimum Gasteiger partial charge on any atom is -0.339 e. The fourth-order valence-corrected chi connectivity index (χ4v) is 4.98. The number of para-hydroxylation sites is 2. The quantitative estimate of drug-likeness (QED) is 0.441. The number of hydrogen-bond acceptors (Lipinski definition) is 4. The van der Waals surface area contributed by atoms with Gasteiger partial charge >= 0.3 is 0 Å². The first kappa shape index (κ1) is 18.0. The van der Waals surface area contributed by atoms with Crippen molar-refractivity contribution in [1.82, 2.24) is 14.9 Å². The molecule has 3 heterocycles.